The highest BCUT2D eigenvalue weighted by Gasteiger charge is 2.28. The summed E-state index contributed by atoms with van der Waals surface area (Å²) in [5.74, 6) is 0.218. The van der Waals surface area contributed by atoms with E-state index in [1.807, 2.05) is 13.8 Å². The average molecular weight is 293 g/mol. The lowest BCUT2D eigenvalue weighted by Crippen LogP contribution is -2.58. The van der Waals surface area contributed by atoms with Gasteiger partial charge in [0.15, 0.2) is 6.61 Å². The predicted octanol–water partition coefficient (Wildman–Crippen LogP) is 1.18. The molecule has 1 heterocycles. The van der Waals surface area contributed by atoms with Crippen molar-refractivity contribution in [1.82, 2.24) is 10.2 Å². The number of nitrogens with zero attached hydrogens (tertiary/aromatic N) is 2. The standard InChI is InChI=1S/C14H19N3O4/c1-10-11(2)16(7-6-15-10)14(18)9-21-13-5-3-4-12(8-13)17(19)20/h3-5,8,10-11,15H,6-7,9H2,1-2H3. The van der Waals surface area contributed by atoms with E-state index < -0.39 is 4.92 Å². The Kier molecular flexibility index (Phi) is 4.74. The molecule has 114 valence electrons. The molecule has 0 bridgehead atoms. The second-order valence-electron chi connectivity index (χ2n) is 5.11. The van der Waals surface area contributed by atoms with Crippen molar-refractivity contribution in [2.75, 3.05) is 19.7 Å². The zero-order chi connectivity index (χ0) is 15.4. The van der Waals surface area contributed by atoms with Crippen LogP contribution in [-0.4, -0.2) is 47.5 Å². The number of nitro groups is 1. The first kappa shape index (κ1) is 15.2. The molecule has 2 unspecified atom stereocenters. The van der Waals surface area contributed by atoms with Crippen molar-refractivity contribution in [3.05, 3.63) is 34.4 Å². The highest BCUT2D eigenvalue weighted by molar-refractivity contribution is 5.78. The van der Waals surface area contributed by atoms with Crippen LogP contribution in [0, 0.1) is 10.1 Å². The van der Waals surface area contributed by atoms with Gasteiger partial charge in [-0.2, -0.15) is 0 Å². The van der Waals surface area contributed by atoms with Crippen LogP contribution in [0.1, 0.15) is 13.8 Å². The SMILES string of the molecule is CC1NCCN(C(=O)COc2cccc([N+](=O)[O-])c2)C1C. The van der Waals surface area contributed by atoms with Crippen LogP contribution in [0.25, 0.3) is 0 Å². The normalized spacial score (nSPS) is 21.9. The molecule has 21 heavy (non-hydrogen) atoms. The summed E-state index contributed by atoms with van der Waals surface area (Å²) >= 11 is 0. The van der Waals surface area contributed by atoms with Crippen LogP contribution in [0.5, 0.6) is 5.75 Å². The third-order valence-corrected chi connectivity index (χ3v) is 3.75. The summed E-state index contributed by atoms with van der Waals surface area (Å²) < 4.78 is 5.38. The summed E-state index contributed by atoms with van der Waals surface area (Å²) in [6.45, 7) is 5.31. The van der Waals surface area contributed by atoms with E-state index in [2.05, 4.69) is 5.32 Å². The Labute approximate surface area is 123 Å². The first-order valence-electron chi connectivity index (χ1n) is 6.89. The van der Waals surface area contributed by atoms with Gasteiger partial charge in [0.05, 0.1) is 11.0 Å². The van der Waals surface area contributed by atoms with Crippen LogP contribution >= 0.6 is 0 Å². The highest BCUT2D eigenvalue weighted by Crippen LogP contribution is 2.19. The maximum absolute atomic E-state index is 12.2. The molecule has 1 N–H and O–H groups in total. The molecule has 1 aliphatic heterocycles. The number of ether oxygens (including phenoxy) is 1. The quantitative estimate of drug-likeness (QED) is 0.665. The van der Waals surface area contributed by atoms with Crippen molar-refractivity contribution in [3.8, 4) is 5.75 Å². The van der Waals surface area contributed by atoms with Gasteiger partial charge in [0.1, 0.15) is 5.75 Å². The molecule has 1 aromatic carbocycles. The second-order valence-corrected chi connectivity index (χ2v) is 5.11. The fraction of sp³-hybridized carbons (Fsp3) is 0.500. The van der Waals surface area contributed by atoms with Crippen LogP contribution in [0.2, 0.25) is 0 Å². The van der Waals surface area contributed by atoms with Crippen molar-refractivity contribution in [2.45, 2.75) is 25.9 Å². The molecule has 1 amide bonds. The molecular formula is C14H19N3O4. The van der Waals surface area contributed by atoms with Gasteiger partial charge in [0.2, 0.25) is 0 Å². The van der Waals surface area contributed by atoms with E-state index in [4.69, 9.17) is 4.74 Å². The fourth-order valence-corrected chi connectivity index (χ4v) is 2.32. The van der Waals surface area contributed by atoms with Crippen molar-refractivity contribution in [1.29, 1.82) is 0 Å². The van der Waals surface area contributed by atoms with E-state index in [1.54, 1.807) is 11.0 Å². The molecule has 1 saturated heterocycles. The van der Waals surface area contributed by atoms with Gasteiger partial charge in [-0.1, -0.05) is 6.07 Å². The van der Waals surface area contributed by atoms with Crippen molar-refractivity contribution < 1.29 is 14.5 Å². The van der Waals surface area contributed by atoms with Gasteiger partial charge < -0.3 is 15.0 Å². The Morgan fingerprint density at radius 2 is 2.29 bits per heavy atom. The second kappa shape index (κ2) is 6.53. The van der Waals surface area contributed by atoms with E-state index in [0.29, 0.717) is 12.3 Å². The van der Waals surface area contributed by atoms with Crippen molar-refractivity contribution in [2.24, 2.45) is 0 Å². The Bertz CT molecular complexity index is 535. The number of nitro benzene ring substituents is 1. The zero-order valence-electron chi connectivity index (χ0n) is 12.1. The molecule has 1 fully saturated rings. The van der Waals surface area contributed by atoms with Crippen LogP contribution in [0.15, 0.2) is 24.3 Å². The Hall–Kier alpha value is -2.15. The molecular weight excluding hydrogens is 274 g/mol. The van der Waals surface area contributed by atoms with Crippen molar-refractivity contribution in [3.63, 3.8) is 0 Å². The molecule has 7 heteroatoms. The highest BCUT2D eigenvalue weighted by atomic mass is 16.6. The molecule has 2 atom stereocenters. The lowest BCUT2D eigenvalue weighted by molar-refractivity contribution is -0.384. The topological polar surface area (TPSA) is 84.7 Å². The molecule has 7 nitrogen and oxygen atoms in total. The Morgan fingerprint density at radius 3 is 3.00 bits per heavy atom. The van der Waals surface area contributed by atoms with Gasteiger partial charge in [-0.3, -0.25) is 14.9 Å². The van der Waals surface area contributed by atoms with Gasteiger partial charge in [0.25, 0.3) is 11.6 Å². The minimum Gasteiger partial charge on any atom is -0.484 e. The number of hydrogen-bond donors (Lipinski definition) is 1. The lowest BCUT2D eigenvalue weighted by Gasteiger charge is -2.38. The molecule has 0 aliphatic carbocycles. The van der Waals surface area contributed by atoms with Gasteiger partial charge in [-0.25, -0.2) is 0 Å². The van der Waals surface area contributed by atoms with E-state index >= 15 is 0 Å². The van der Waals surface area contributed by atoms with E-state index in [0.717, 1.165) is 6.54 Å². The minimum atomic E-state index is -0.491. The molecule has 1 aromatic rings. The number of carbonyl (C=O) groups is 1. The van der Waals surface area contributed by atoms with Crippen molar-refractivity contribution >= 4 is 11.6 Å². The number of rotatable bonds is 4. The summed E-state index contributed by atoms with van der Waals surface area (Å²) in [6.07, 6.45) is 0. The summed E-state index contributed by atoms with van der Waals surface area (Å²) in [5, 5.41) is 14.0. The summed E-state index contributed by atoms with van der Waals surface area (Å²) in [4.78, 5) is 24.2. The molecule has 0 aromatic heterocycles. The van der Waals surface area contributed by atoms with E-state index in [-0.39, 0.29) is 30.3 Å². The van der Waals surface area contributed by atoms with Gasteiger partial charge in [0, 0.05) is 31.2 Å². The molecule has 0 radical (unpaired) electrons. The molecule has 2 rings (SSSR count). The minimum absolute atomic E-state index is 0.0517. The number of piperazine rings is 1. The predicted molar refractivity (Wildman–Crippen MR) is 77.2 cm³/mol. The Balaban J connectivity index is 1.94. The van der Waals surface area contributed by atoms with Gasteiger partial charge in [-0.05, 0) is 19.9 Å². The number of benzene rings is 1. The third kappa shape index (κ3) is 3.69. The smallest absolute Gasteiger partial charge is 0.273 e. The molecule has 1 aliphatic rings. The van der Waals surface area contributed by atoms with Gasteiger partial charge in [-0.15, -0.1) is 0 Å². The summed E-state index contributed by atoms with van der Waals surface area (Å²) in [5.41, 5.74) is -0.0517. The first-order valence-corrected chi connectivity index (χ1v) is 6.89. The third-order valence-electron chi connectivity index (χ3n) is 3.75. The van der Waals surface area contributed by atoms with Gasteiger partial charge >= 0.3 is 0 Å². The number of non-ortho nitro benzene ring substituents is 1. The van der Waals surface area contributed by atoms with Crippen LogP contribution in [0.3, 0.4) is 0 Å². The Morgan fingerprint density at radius 1 is 1.52 bits per heavy atom. The maximum atomic E-state index is 12.2. The largest absolute Gasteiger partial charge is 0.484 e. The first-order chi connectivity index (χ1) is 9.99. The summed E-state index contributed by atoms with van der Waals surface area (Å²) in [7, 11) is 0. The van der Waals surface area contributed by atoms with Crippen LogP contribution < -0.4 is 10.1 Å². The monoisotopic (exact) mass is 293 g/mol. The van der Waals surface area contributed by atoms with E-state index in [9.17, 15) is 14.9 Å². The fourth-order valence-electron chi connectivity index (χ4n) is 2.32. The summed E-state index contributed by atoms with van der Waals surface area (Å²) in [6, 6.07) is 6.17. The molecule has 0 spiro atoms. The number of hydrogen-bond acceptors (Lipinski definition) is 5. The number of nitrogens with one attached hydrogen (secondary N) is 1. The lowest BCUT2D eigenvalue weighted by atomic mass is 10.1. The number of amides is 1. The zero-order valence-corrected chi connectivity index (χ0v) is 12.1. The van der Waals surface area contributed by atoms with E-state index in [1.165, 1.54) is 18.2 Å². The molecule has 0 saturated carbocycles. The maximum Gasteiger partial charge on any atom is 0.273 e. The van der Waals surface area contributed by atoms with Crippen LogP contribution in [0.4, 0.5) is 5.69 Å². The average Bonchev–Trinajstić information content (AvgIpc) is 2.48. The number of carbonyl (C=O) groups excluding carboxylic acids is 1. The van der Waals surface area contributed by atoms with Crippen LogP contribution in [-0.2, 0) is 4.79 Å².